The zero-order chi connectivity index (χ0) is 21.5. The van der Waals surface area contributed by atoms with Gasteiger partial charge in [0.25, 0.3) is 0 Å². The summed E-state index contributed by atoms with van der Waals surface area (Å²) in [5, 5.41) is 10.1. The summed E-state index contributed by atoms with van der Waals surface area (Å²) in [4.78, 5) is 4.85. The van der Waals surface area contributed by atoms with Gasteiger partial charge in [0.15, 0.2) is 0 Å². The summed E-state index contributed by atoms with van der Waals surface area (Å²) >= 11 is 3.48. The van der Waals surface area contributed by atoms with E-state index in [2.05, 4.69) is 61.8 Å². The first-order valence-corrected chi connectivity index (χ1v) is 12.1. The number of hydrogen-bond donors (Lipinski definition) is 1. The molecule has 0 aliphatic heterocycles. The highest BCUT2D eigenvalue weighted by Gasteiger charge is 2.51. The van der Waals surface area contributed by atoms with Gasteiger partial charge in [-0.3, -0.25) is 4.99 Å². The lowest BCUT2D eigenvalue weighted by molar-refractivity contribution is 0.0332. The molecule has 3 heteroatoms. The smallest absolute Gasteiger partial charge is 0.124 e. The van der Waals surface area contributed by atoms with Crippen molar-refractivity contribution in [2.24, 2.45) is 16.3 Å². The summed E-state index contributed by atoms with van der Waals surface area (Å²) in [7, 11) is 0. The lowest BCUT2D eigenvalue weighted by Gasteiger charge is -2.55. The second-order valence-corrected chi connectivity index (χ2v) is 11.2. The summed E-state index contributed by atoms with van der Waals surface area (Å²) in [6.07, 6.45) is 8.04. The predicted octanol–water partition coefficient (Wildman–Crippen LogP) is 7.41. The molecular weight excluding hydrogens is 434 g/mol. The lowest BCUT2D eigenvalue weighted by Crippen LogP contribution is -2.50. The van der Waals surface area contributed by atoms with Gasteiger partial charge in [-0.05, 0) is 83.2 Å². The van der Waals surface area contributed by atoms with E-state index in [4.69, 9.17) is 4.99 Å². The van der Waals surface area contributed by atoms with Gasteiger partial charge in [0.2, 0.25) is 0 Å². The van der Waals surface area contributed by atoms with E-state index in [0.717, 1.165) is 16.6 Å². The Morgan fingerprint density at radius 3 is 2.73 bits per heavy atom. The van der Waals surface area contributed by atoms with Crippen molar-refractivity contribution in [1.82, 2.24) is 0 Å². The van der Waals surface area contributed by atoms with Gasteiger partial charge >= 0.3 is 0 Å². The van der Waals surface area contributed by atoms with E-state index in [0.29, 0.717) is 11.8 Å². The van der Waals surface area contributed by atoms with E-state index in [9.17, 15) is 5.11 Å². The molecule has 30 heavy (non-hydrogen) atoms. The minimum atomic E-state index is 0.194. The Morgan fingerprint density at radius 2 is 1.97 bits per heavy atom. The molecule has 0 amide bonds. The number of rotatable bonds is 4. The minimum Gasteiger partial charge on any atom is -0.507 e. The van der Waals surface area contributed by atoms with Crippen LogP contribution in [0.25, 0.3) is 0 Å². The van der Waals surface area contributed by atoms with Crippen LogP contribution in [0.1, 0.15) is 81.5 Å². The Bertz CT molecular complexity index is 965. The van der Waals surface area contributed by atoms with Crippen LogP contribution in [0, 0.1) is 11.3 Å². The van der Waals surface area contributed by atoms with Crippen LogP contribution >= 0.6 is 15.9 Å². The minimum absolute atomic E-state index is 0.194. The molecule has 4 rings (SSSR count). The van der Waals surface area contributed by atoms with Crippen LogP contribution in [-0.2, 0) is 11.8 Å². The van der Waals surface area contributed by atoms with Gasteiger partial charge < -0.3 is 5.11 Å². The van der Waals surface area contributed by atoms with Gasteiger partial charge in [-0.25, -0.2) is 0 Å². The molecule has 1 N–H and O–H groups in total. The number of aromatic hydroxyl groups is 1. The maximum atomic E-state index is 10.1. The molecule has 0 heterocycles. The molecule has 2 aliphatic carbocycles. The first kappa shape index (κ1) is 21.6. The van der Waals surface area contributed by atoms with Crippen LogP contribution in [-0.4, -0.2) is 17.9 Å². The number of nitrogens with zero attached hydrogens (tertiary/aromatic N) is 1. The maximum absolute atomic E-state index is 10.1. The molecular formula is C27H34BrNO. The Kier molecular flexibility index (Phi) is 5.87. The van der Waals surface area contributed by atoms with E-state index in [-0.39, 0.29) is 16.6 Å². The number of aryl methyl sites for hydroxylation is 1. The molecule has 0 saturated heterocycles. The topological polar surface area (TPSA) is 32.6 Å². The summed E-state index contributed by atoms with van der Waals surface area (Å²) in [6.45, 7) is 10.3. The molecule has 3 atom stereocenters. The molecule has 2 aliphatic rings. The molecule has 2 aromatic rings. The first-order valence-electron chi connectivity index (χ1n) is 11.3. The molecule has 0 radical (unpaired) electrons. The second kappa shape index (κ2) is 8.15. The van der Waals surface area contributed by atoms with Crippen molar-refractivity contribution in [3.05, 3.63) is 63.1 Å². The van der Waals surface area contributed by atoms with Crippen LogP contribution in [0.15, 0.2) is 45.9 Å². The first-order chi connectivity index (χ1) is 14.2. The van der Waals surface area contributed by atoms with Crippen LogP contribution < -0.4 is 0 Å². The molecule has 0 aromatic heterocycles. The average Bonchev–Trinajstić information content (AvgIpc) is 2.70. The SMILES string of the molecule is CC(C)c1ccc2c(c1)CC[C@@H]1[C@@](C)(CN=Cc3cc(Br)ccc3O)CCC[C@@]21C. The summed E-state index contributed by atoms with van der Waals surface area (Å²) in [5.41, 5.74) is 5.84. The summed E-state index contributed by atoms with van der Waals surface area (Å²) in [5.74, 6) is 1.51. The Labute approximate surface area is 190 Å². The zero-order valence-electron chi connectivity index (χ0n) is 18.7. The van der Waals surface area contributed by atoms with Gasteiger partial charge in [0.1, 0.15) is 5.75 Å². The zero-order valence-corrected chi connectivity index (χ0v) is 20.3. The van der Waals surface area contributed by atoms with Crippen LogP contribution in [0.2, 0.25) is 0 Å². The highest BCUT2D eigenvalue weighted by atomic mass is 79.9. The molecule has 1 fully saturated rings. The molecule has 2 nitrogen and oxygen atoms in total. The lowest BCUT2D eigenvalue weighted by atomic mass is 9.50. The van der Waals surface area contributed by atoms with E-state index < -0.39 is 0 Å². The van der Waals surface area contributed by atoms with Crippen LogP contribution in [0.3, 0.4) is 0 Å². The summed E-state index contributed by atoms with van der Waals surface area (Å²) < 4.78 is 0.961. The fourth-order valence-corrected chi connectivity index (χ4v) is 6.55. The number of aliphatic imine (C=N–C) groups is 1. The number of hydrogen-bond acceptors (Lipinski definition) is 2. The van der Waals surface area contributed by atoms with Gasteiger partial charge in [-0.2, -0.15) is 0 Å². The van der Waals surface area contributed by atoms with Crippen LogP contribution in [0.5, 0.6) is 5.75 Å². The quantitative estimate of drug-likeness (QED) is 0.466. The van der Waals surface area contributed by atoms with Crippen molar-refractivity contribution in [2.75, 3.05) is 6.54 Å². The van der Waals surface area contributed by atoms with Crippen molar-refractivity contribution in [2.45, 2.75) is 71.1 Å². The molecule has 0 spiro atoms. The van der Waals surface area contributed by atoms with Gasteiger partial charge in [0, 0.05) is 22.8 Å². The van der Waals surface area contributed by atoms with Crippen molar-refractivity contribution < 1.29 is 5.11 Å². The van der Waals surface area contributed by atoms with Crippen molar-refractivity contribution >= 4 is 22.1 Å². The fraction of sp³-hybridized carbons (Fsp3) is 0.519. The number of phenolic OH excluding ortho intramolecular Hbond substituents is 1. The second-order valence-electron chi connectivity index (χ2n) is 10.3. The van der Waals surface area contributed by atoms with E-state index in [1.54, 1.807) is 17.2 Å². The normalized spacial score (nSPS) is 28.5. The molecule has 1 saturated carbocycles. The average molecular weight is 468 g/mol. The number of benzene rings is 2. The maximum Gasteiger partial charge on any atom is 0.124 e. The predicted molar refractivity (Wildman–Crippen MR) is 130 cm³/mol. The monoisotopic (exact) mass is 467 g/mol. The number of halogens is 1. The van der Waals surface area contributed by atoms with E-state index in [1.807, 2.05) is 18.3 Å². The summed E-state index contributed by atoms with van der Waals surface area (Å²) in [6, 6.07) is 12.8. The third kappa shape index (κ3) is 3.86. The van der Waals surface area contributed by atoms with E-state index in [1.165, 1.54) is 37.7 Å². The van der Waals surface area contributed by atoms with Gasteiger partial charge in [-0.1, -0.05) is 68.2 Å². The molecule has 2 aromatic carbocycles. The largest absolute Gasteiger partial charge is 0.507 e. The number of fused-ring (bicyclic) bond motifs is 3. The Balaban J connectivity index is 1.60. The van der Waals surface area contributed by atoms with Crippen molar-refractivity contribution in [1.29, 1.82) is 0 Å². The Hall–Kier alpha value is -1.61. The molecule has 0 unspecified atom stereocenters. The van der Waals surface area contributed by atoms with E-state index >= 15 is 0 Å². The third-order valence-corrected chi connectivity index (χ3v) is 8.33. The standard InChI is InChI=1S/C27H34BrNO/c1-18(2)19-6-9-23-20(14-19)7-11-25-26(3,12-5-13-27(23,25)4)17-29-16-21-15-22(28)8-10-24(21)30/h6,8-10,14-16,18,25,30H,5,7,11-13,17H2,1-4H3/t25-,26-,27+/m1/s1. The van der Waals surface area contributed by atoms with Crippen LogP contribution in [0.4, 0.5) is 0 Å². The van der Waals surface area contributed by atoms with Crippen molar-refractivity contribution in [3.63, 3.8) is 0 Å². The molecule has 160 valence electrons. The highest BCUT2D eigenvalue weighted by Crippen LogP contribution is 2.57. The Morgan fingerprint density at radius 1 is 1.17 bits per heavy atom. The molecule has 0 bridgehead atoms. The fourth-order valence-electron chi connectivity index (χ4n) is 6.17. The number of phenols is 1. The third-order valence-electron chi connectivity index (χ3n) is 7.84. The highest BCUT2D eigenvalue weighted by molar-refractivity contribution is 9.10. The van der Waals surface area contributed by atoms with Gasteiger partial charge in [0.05, 0.1) is 0 Å². The van der Waals surface area contributed by atoms with Crippen molar-refractivity contribution in [3.8, 4) is 5.75 Å². The van der Waals surface area contributed by atoms with Gasteiger partial charge in [-0.15, -0.1) is 0 Å².